The van der Waals surface area contributed by atoms with Gasteiger partial charge in [-0.15, -0.1) is 0 Å². The highest BCUT2D eigenvalue weighted by atomic mass is 19.1. The van der Waals surface area contributed by atoms with Crippen molar-refractivity contribution in [2.45, 2.75) is 39.0 Å². The molecule has 26 heavy (non-hydrogen) atoms. The lowest BCUT2D eigenvalue weighted by Gasteiger charge is -2.09. The molecule has 0 aromatic heterocycles. The Morgan fingerprint density at radius 1 is 0.808 bits per heavy atom. The molecule has 0 bridgehead atoms. The summed E-state index contributed by atoms with van der Waals surface area (Å²) in [6.07, 6.45) is 5.42. The van der Waals surface area contributed by atoms with Crippen LogP contribution in [-0.4, -0.2) is 0 Å². The second-order valence-electron chi connectivity index (χ2n) is 7.12. The quantitative estimate of drug-likeness (QED) is 0.343. The molecule has 3 aromatic rings. The van der Waals surface area contributed by atoms with Gasteiger partial charge in [0.1, 0.15) is 11.6 Å². The first kappa shape index (κ1) is 17.0. The highest BCUT2D eigenvalue weighted by molar-refractivity contribution is 5.80. The van der Waals surface area contributed by atoms with Gasteiger partial charge in [-0.05, 0) is 76.9 Å². The van der Waals surface area contributed by atoms with Crippen LogP contribution in [0.2, 0.25) is 0 Å². The van der Waals surface area contributed by atoms with E-state index in [-0.39, 0.29) is 11.6 Å². The first-order chi connectivity index (χ1) is 12.7. The smallest absolute Gasteiger partial charge is 0.131 e. The minimum Gasteiger partial charge on any atom is -0.207 e. The van der Waals surface area contributed by atoms with Crippen molar-refractivity contribution in [2.24, 2.45) is 0 Å². The Morgan fingerprint density at radius 2 is 1.62 bits per heavy atom. The molecule has 0 saturated heterocycles. The van der Waals surface area contributed by atoms with Gasteiger partial charge in [-0.3, -0.25) is 0 Å². The van der Waals surface area contributed by atoms with Crippen molar-refractivity contribution in [1.29, 1.82) is 0 Å². The van der Waals surface area contributed by atoms with Crippen LogP contribution in [0.4, 0.5) is 8.78 Å². The van der Waals surface area contributed by atoms with Crippen molar-refractivity contribution in [2.75, 3.05) is 0 Å². The molecule has 0 amide bonds. The first-order valence-electron chi connectivity index (χ1n) is 9.36. The van der Waals surface area contributed by atoms with Crippen molar-refractivity contribution < 1.29 is 8.78 Å². The van der Waals surface area contributed by atoms with E-state index in [1.54, 1.807) is 12.1 Å². The highest BCUT2D eigenvalue weighted by Gasteiger charge is 2.23. The zero-order valence-corrected chi connectivity index (χ0v) is 15.0. The Labute approximate surface area is 153 Å². The number of hydrogen-bond donors (Lipinski definition) is 0. The standard InChI is InChI=1S/C24H22F2/c1-2-3-4-5-16-6-8-17(9-7-16)19-13-20-12-18-10-11-21(25)15-22(18)24(20)23(26)14-19/h6-11,13-15H,2-5,12H2,1H3. The van der Waals surface area contributed by atoms with Crippen LogP contribution in [0.25, 0.3) is 22.3 Å². The summed E-state index contributed by atoms with van der Waals surface area (Å²) in [7, 11) is 0. The summed E-state index contributed by atoms with van der Waals surface area (Å²) in [6, 6.07) is 16.7. The van der Waals surface area contributed by atoms with Crippen molar-refractivity contribution in [3.05, 3.63) is 82.9 Å². The van der Waals surface area contributed by atoms with Gasteiger partial charge in [0.25, 0.3) is 0 Å². The lowest BCUT2D eigenvalue weighted by Crippen LogP contribution is -1.90. The number of fused-ring (bicyclic) bond motifs is 3. The van der Waals surface area contributed by atoms with E-state index < -0.39 is 0 Å². The SMILES string of the molecule is CCCCCc1ccc(-c2cc(F)c3c(c2)Cc2ccc(F)cc2-3)cc1. The van der Waals surface area contributed by atoms with Gasteiger partial charge in [-0.25, -0.2) is 8.78 Å². The average Bonchev–Trinajstić information content (AvgIpc) is 3.00. The summed E-state index contributed by atoms with van der Waals surface area (Å²) in [6.45, 7) is 2.21. The molecular weight excluding hydrogens is 326 g/mol. The molecular formula is C24H22F2. The number of benzene rings is 3. The van der Waals surface area contributed by atoms with Gasteiger partial charge in [0.05, 0.1) is 0 Å². The number of hydrogen-bond acceptors (Lipinski definition) is 0. The maximum Gasteiger partial charge on any atom is 0.131 e. The number of unbranched alkanes of at least 4 members (excludes halogenated alkanes) is 2. The molecule has 0 N–H and O–H groups in total. The predicted molar refractivity (Wildman–Crippen MR) is 103 cm³/mol. The van der Waals surface area contributed by atoms with Crippen LogP contribution in [-0.2, 0) is 12.8 Å². The highest BCUT2D eigenvalue weighted by Crippen LogP contribution is 2.41. The van der Waals surface area contributed by atoms with Gasteiger partial charge >= 0.3 is 0 Å². The molecule has 0 saturated carbocycles. The zero-order chi connectivity index (χ0) is 18.1. The van der Waals surface area contributed by atoms with Gasteiger partial charge in [0, 0.05) is 5.56 Å². The summed E-state index contributed by atoms with van der Waals surface area (Å²) in [5.41, 5.74) is 6.40. The fourth-order valence-corrected chi connectivity index (χ4v) is 3.86. The molecule has 1 aliphatic carbocycles. The van der Waals surface area contributed by atoms with Crippen molar-refractivity contribution in [3.63, 3.8) is 0 Å². The maximum absolute atomic E-state index is 14.8. The maximum atomic E-state index is 14.8. The van der Waals surface area contributed by atoms with Crippen LogP contribution in [0.15, 0.2) is 54.6 Å². The van der Waals surface area contributed by atoms with Crippen LogP contribution in [0.1, 0.15) is 42.9 Å². The molecule has 132 valence electrons. The molecule has 0 atom stereocenters. The molecule has 0 unspecified atom stereocenters. The third-order valence-corrected chi connectivity index (χ3v) is 5.25. The molecule has 0 heterocycles. The zero-order valence-electron chi connectivity index (χ0n) is 15.0. The molecule has 0 nitrogen and oxygen atoms in total. The van der Waals surface area contributed by atoms with E-state index in [0.717, 1.165) is 28.7 Å². The fraction of sp³-hybridized carbons (Fsp3) is 0.250. The van der Waals surface area contributed by atoms with Crippen molar-refractivity contribution in [1.82, 2.24) is 0 Å². The van der Waals surface area contributed by atoms with Gasteiger partial charge in [-0.1, -0.05) is 50.1 Å². The topological polar surface area (TPSA) is 0 Å². The van der Waals surface area contributed by atoms with E-state index in [0.29, 0.717) is 17.5 Å². The lowest BCUT2D eigenvalue weighted by molar-refractivity contribution is 0.625. The normalized spacial score (nSPS) is 12.1. The Balaban J connectivity index is 1.64. The fourth-order valence-electron chi connectivity index (χ4n) is 3.86. The summed E-state index contributed by atoms with van der Waals surface area (Å²) in [5.74, 6) is -0.590. The average molecular weight is 348 g/mol. The predicted octanol–water partition coefficient (Wildman–Crippen LogP) is 6.94. The monoisotopic (exact) mass is 348 g/mol. The molecule has 0 spiro atoms. The van der Waals surface area contributed by atoms with E-state index in [2.05, 4.69) is 31.2 Å². The van der Waals surface area contributed by atoms with Gasteiger partial charge < -0.3 is 0 Å². The molecule has 0 radical (unpaired) electrons. The number of rotatable bonds is 5. The molecule has 3 aromatic carbocycles. The van der Waals surface area contributed by atoms with Crippen LogP contribution in [0.3, 0.4) is 0 Å². The Morgan fingerprint density at radius 3 is 2.38 bits per heavy atom. The van der Waals surface area contributed by atoms with E-state index in [1.165, 1.54) is 37.0 Å². The van der Waals surface area contributed by atoms with Gasteiger partial charge in [-0.2, -0.15) is 0 Å². The van der Waals surface area contributed by atoms with Gasteiger partial charge in [0.15, 0.2) is 0 Å². The van der Waals surface area contributed by atoms with Crippen LogP contribution in [0.5, 0.6) is 0 Å². The number of aryl methyl sites for hydroxylation is 1. The molecule has 4 rings (SSSR count). The minimum absolute atomic E-state index is 0.270. The van der Waals surface area contributed by atoms with Gasteiger partial charge in [0.2, 0.25) is 0 Å². The van der Waals surface area contributed by atoms with E-state index in [4.69, 9.17) is 0 Å². The van der Waals surface area contributed by atoms with Crippen molar-refractivity contribution in [3.8, 4) is 22.3 Å². The molecule has 0 aliphatic heterocycles. The van der Waals surface area contributed by atoms with E-state index in [9.17, 15) is 8.78 Å². The number of halogens is 2. The molecule has 1 aliphatic rings. The van der Waals surface area contributed by atoms with Crippen LogP contribution in [0, 0.1) is 11.6 Å². The summed E-state index contributed by atoms with van der Waals surface area (Å²) in [5, 5.41) is 0. The Bertz CT molecular complexity index is 939. The summed E-state index contributed by atoms with van der Waals surface area (Å²) < 4.78 is 28.4. The van der Waals surface area contributed by atoms with Crippen LogP contribution >= 0.6 is 0 Å². The third kappa shape index (κ3) is 3.16. The molecule has 2 heteroatoms. The third-order valence-electron chi connectivity index (χ3n) is 5.25. The van der Waals surface area contributed by atoms with Crippen molar-refractivity contribution >= 4 is 0 Å². The second kappa shape index (κ2) is 7.03. The second-order valence-corrected chi connectivity index (χ2v) is 7.12. The lowest BCUT2D eigenvalue weighted by atomic mass is 9.97. The largest absolute Gasteiger partial charge is 0.207 e. The van der Waals surface area contributed by atoms with E-state index >= 15 is 0 Å². The van der Waals surface area contributed by atoms with E-state index in [1.807, 2.05) is 6.07 Å². The van der Waals surface area contributed by atoms with Crippen LogP contribution < -0.4 is 0 Å². The Kier molecular flexibility index (Phi) is 4.58. The first-order valence-corrected chi connectivity index (χ1v) is 9.36. The summed E-state index contributed by atoms with van der Waals surface area (Å²) >= 11 is 0. The Hall–Kier alpha value is -2.48. The summed E-state index contributed by atoms with van der Waals surface area (Å²) in [4.78, 5) is 0. The minimum atomic E-state index is -0.321. The molecule has 0 fully saturated rings.